The summed E-state index contributed by atoms with van der Waals surface area (Å²) in [6.07, 6.45) is 0.458. The van der Waals surface area contributed by atoms with Crippen LogP contribution in [0.1, 0.15) is 27.3 Å². The van der Waals surface area contributed by atoms with Crippen molar-refractivity contribution in [1.82, 2.24) is 4.98 Å². The Bertz CT molecular complexity index is 697. The molecule has 0 aliphatic heterocycles. The van der Waals surface area contributed by atoms with E-state index in [2.05, 4.69) is 10.3 Å². The second kappa shape index (κ2) is 7.04. The topological polar surface area (TPSA) is 88.5 Å². The average Bonchev–Trinajstić information content (AvgIpc) is 2.84. The molecule has 116 valence electrons. The van der Waals surface area contributed by atoms with E-state index in [0.717, 1.165) is 10.6 Å². The smallest absolute Gasteiger partial charge is 0.303 e. The van der Waals surface area contributed by atoms with Gasteiger partial charge in [-0.3, -0.25) is 14.9 Å². The maximum absolute atomic E-state index is 12.2. The predicted molar refractivity (Wildman–Crippen MR) is 83.8 cm³/mol. The van der Waals surface area contributed by atoms with Crippen LogP contribution >= 0.6 is 11.3 Å². The fourth-order valence-electron chi connectivity index (χ4n) is 1.87. The van der Waals surface area contributed by atoms with Gasteiger partial charge in [-0.1, -0.05) is 6.07 Å². The molecule has 0 aliphatic rings. The van der Waals surface area contributed by atoms with Crippen LogP contribution in [0.5, 0.6) is 5.75 Å². The highest BCUT2D eigenvalue weighted by atomic mass is 32.1. The van der Waals surface area contributed by atoms with E-state index in [4.69, 9.17) is 9.84 Å². The first-order valence-corrected chi connectivity index (χ1v) is 7.44. The molecule has 2 N–H and O–H groups in total. The Balaban J connectivity index is 2.08. The van der Waals surface area contributed by atoms with Crippen LogP contribution in [0.4, 0.5) is 5.13 Å². The number of carbonyl (C=O) groups is 2. The van der Waals surface area contributed by atoms with E-state index < -0.39 is 5.97 Å². The third kappa shape index (κ3) is 4.05. The number of hydrogen-bond donors (Lipinski definition) is 2. The highest BCUT2D eigenvalue weighted by Gasteiger charge is 2.13. The first kappa shape index (κ1) is 16.0. The van der Waals surface area contributed by atoms with Crippen LogP contribution in [0.3, 0.4) is 0 Å². The maximum Gasteiger partial charge on any atom is 0.303 e. The van der Waals surface area contributed by atoms with E-state index in [9.17, 15) is 9.59 Å². The fourth-order valence-corrected chi connectivity index (χ4v) is 2.82. The number of hydrogen-bond acceptors (Lipinski definition) is 5. The Labute approximate surface area is 131 Å². The number of aliphatic carboxylic acids is 1. The molecule has 6 nitrogen and oxygen atoms in total. The molecule has 22 heavy (non-hydrogen) atoms. The van der Waals surface area contributed by atoms with Crippen molar-refractivity contribution in [3.63, 3.8) is 0 Å². The van der Waals surface area contributed by atoms with Crippen molar-refractivity contribution in [3.05, 3.63) is 40.4 Å². The van der Waals surface area contributed by atoms with Gasteiger partial charge in [0.05, 0.1) is 19.2 Å². The van der Waals surface area contributed by atoms with Crippen molar-refractivity contribution in [2.75, 3.05) is 12.4 Å². The second-order valence-corrected chi connectivity index (χ2v) is 5.69. The van der Waals surface area contributed by atoms with Crippen LogP contribution in [0, 0.1) is 6.92 Å². The first-order chi connectivity index (χ1) is 10.5. The summed E-state index contributed by atoms with van der Waals surface area (Å²) in [4.78, 5) is 27.9. The summed E-state index contributed by atoms with van der Waals surface area (Å²) in [6.45, 7) is 1.80. The van der Waals surface area contributed by atoms with Crippen LogP contribution in [0.25, 0.3) is 0 Å². The van der Waals surface area contributed by atoms with Crippen LogP contribution in [0.15, 0.2) is 24.3 Å². The zero-order chi connectivity index (χ0) is 16.1. The molecular formula is C15H16N2O4S. The quantitative estimate of drug-likeness (QED) is 0.854. The molecular weight excluding hydrogens is 304 g/mol. The molecule has 0 spiro atoms. The Morgan fingerprint density at radius 2 is 2.18 bits per heavy atom. The molecule has 1 aromatic heterocycles. The van der Waals surface area contributed by atoms with Crippen molar-refractivity contribution < 1.29 is 19.4 Å². The maximum atomic E-state index is 12.2. The summed E-state index contributed by atoms with van der Waals surface area (Å²) in [5.74, 6) is -0.530. The molecule has 0 atom stereocenters. The van der Waals surface area contributed by atoms with Gasteiger partial charge in [0.2, 0.25) is 0 Å². The van der Waals surface area contributed by atoms with Crippen molar-refractivity contribution in [2.45, 2.75) is 19.8 Å². The third-order valence-corrected chi connectivity index (χ3v) is 4.14. The Kier molecular flexibility index (Phi) is 5.11. The minimum absolute atomic E-state index is 0.0479. The Morgan fingerprint density at radius 1 is 1.41 bits per heavy atom. The number of methoxy groups -OCH3 is 1. The number of anilines is 1. The standard InChI is InChI=1S/C15H16N2O4S/c1-9-12(6-7-13(18)19)22-15(16-9)17-14(20)10-4-3-5-11(8-10)21-2/h3-5,8H,6-7H2,1-2H3,(H,18,19)(H,16,17,20). The largest absolute Gasteiger partial charge is 0.497 e. The fraction of sp³-hybridized carbons (Fsp3) is 0.267. The number of aromatic nitrogens is 1. The number of aryl methyl sites for hydroxylation is 2. The summed E-state index contributed by atoms with van der Waals surface area (Å²) in [7, 11) is 1.54. The van der Waals surface area contributed by atoms with E-state index in [0.29, 0.717) is 22.9 Å². The molecule has 2 aromatic rings. The molecule has 0 fully saturated rings. The SMILES string of the molecule is COc1cccc(C(=O)Nc2nc(C)c(CCC(=O)O)s2)c1. The lowest BCUT2D eigenvalue weighted by molar-refractivity contribution is -0.136. The van der Waals surface area contributed by atoms with Gasteiger partial charge in [0, 0.05) is 10.4 Å². The van der Waals surface area contributed by atoms with Gasteiger partial charge in [-0.15, -0.1) is 11.3 Å². The lowest BCUT2D eigenvalue weighted by atomic mass is 10.2. The van der Waals surface area contributed by atoms with E-state index in [1.165, 1.54) is 18.4 Å². The molecule has 0 saturated carbocycles. The molecule has 0 aliphatic carbocycles. The number of nitrogens with zero attached hydrogens (tertiary/aromatic N) is 1. The number of carboxylic acid groups (broad SMARTS) is 1. The zero-order valence-corrected chi connectivity index (χ0v) is 13.1. The molecule has 2 rings (SSSR count). The molecule has 1 aromatic carbocycles. The average molecular weight is 320 g/mol. The van der Waals surface area contributed by atoms with Gasteiger partial charge in [-0.2, -0.15) is 0 Å². The zero-order valence-electron chi connectivity index (χ0n) is 12.3. The molecule has 0 bridgehead atoms. The van der Waals surface area contributed by atoms with E-state index in [1.54, 1.807) is 31.2 Å². The number of benzene rings is 1. The summed E-state index contributed by atoms with van der Waals surface area (Å²) in [5, 5.41) is 11.9. The lowest BCUT2D eigenvalue weighted by Gasteiger charge is -2.04. The lowest BCUT2D eigenvalue weighted by Crippen LogP contribution is -2.11. The second-order valence-electron chi connectivity index (χ2n) is 4.61. The number of thiazole rings is 1. The van der Waals surface area contributed by atoms with Gasteiger partial charge in [0.1, 0.15) is 5.75 Å². The summed E-state index contributed by atoms with van der Waals surface area (Å²) < 4.78 is 5.08. The van der Waals surface area contributed by atoms with E-state index >= 15 is 0 Å². The van der Waals surface area contributed by atoms with Gasteiger partial charge in [0.25, 0.3) is 5.91 Å². The van der Waals surface area contributed by atoms with Crippen molar-refractivity contribution >= 4 is 28.3 Å². The van der Waals surface area contributed by atoms with Gasteiger partial charge in [-0.25, -0.2) is 4.98 Å². The number of rotatable bonds is 6. The van der Waals surface area contributed by atoms with E-state index in [1.807, 2.05) is 0 Å². The normalized spacial score (nSPS) is 10.3. The van der Waals surface area contributed by atoms with Crippen molar-refractivity contribution in [3.8, 4) is 5.75 Å². The van der Waals surface area contributed by atoms with Gasteiger partial charge in [-0.05, 0) is 31.5 Å². The number of carboxylic acids is 1. The first-order valence-electron chi connectivity index (χ1n) is 6.63. The third-order valence-electron chi connectivity index (χ3n) is 3.01. The molecule has 7 heteroatoms. The van der Waals surface area contributed by atoms with Gasteiger partial charge in [0.15, 0.2) is 5.13 Å². The van der Waals surface area contributed by atoms with Crippen LogP contribution in [-0.4, -0.2) is 29.1 Å². The number of carbonyl (C=O) groups excluding carboxylic acids is 1. The summed E-state index contributed by atoms with van der Waals surface area (Å²) >= 11 is 1.30. The van der Waals surface area contributed by atoms with Gasteiger partial charge >= 0.3 is 5.97 Å². The minimum atomic E-state index is -0.852. The molecule has 0 saturated heterocycles. The Hall–Kier alpha value is -2.41. The van der Waals surface area contributed by atoms with Gasteiger partial charge < -0.3 is 9.84 Å². The van der Waals surface area contributed by atoms with Crippen molar-refractivity contribution in [1.29, 1.82) is 0 Å². The molecule has 1 amide bonds. The highest BCUT2D eigenvalue weighted by molar-refractivity contribution is 7.15. The molecule has 0 radical (unpaired) electrons. The predicted octanol–water partition coefficient (Wildman–Crippen LogP) is 2.73. The monoisotopic (exact) mass is 320 g/mol. The number of ether oxygens (including phenoxy) is 1. The highest BCUT2D eigenvalue weighted by Crippen LogP contribution is 2.24. The van der Waals surface area contributed by atoms with E-state index in [-0.39, 0.29) is 12.3 Å². The van der Waals surface area contributed by atoms with Crippen molar-refractivity contribution in [2.24, 2.45) is 0 Å². The Morgan fingerprint density at radius 3 is 2.86 bits per heavy atom. The molecule has 0 unspecified atom stereocenters. The minimum Gasteiger partial charge on any atom is -0.497 e. The molecule has 1 heterocycles. The number of nitrogens with one attached hydrogen (secondary N) is 1. The van der Waals surface area contributed by atoms with Crippen LogP contribution < -0.4 is 10.1 Å². The summed E-state index contributed by atoms with van der Waals surface area (Å²) in [5.41, 5.74) is 1.21. The number of amides is 1. The van der Waals surface area contributed by atoms with Crippen LogP contribution in [0.2, 0.25) is 0 Å². The summed E-state index contributed by atoms with van der Waals surface area (Å²) in [6, 6.07) is 6.82. The van der Waals surface area contributed by atoms with Crippen LogP contribution in [-0.2, 0) is 11.2 Å².